The standard InChI is InChI=1S/C13H14N2/c1-2-6-12-11(5-1)8-10-15(12)13-7-3-4-9-14-13/h1-2,4-6,9H,3,7-8,10H2. The summed E-state index contributed by atoms with van der Waals surface area (Å²) < 4.78 is 0. The lowest BCUT2D eigenvalue weighted by molar-refractivity contribution is 0.956. The molecular formula is C13H14N2. The third-order valence-electron chi connectivity index (χ3n) is 3.06. The second kappa shape index (κ2) is 3.54. The van der Waals surface area contributed by atoms with Crippen LogP contribution in [-0.2, 0) is 6.42 Å². The van der Waals surface area contributed by atoms with E-state index in [2.05, 4.69) is 40.2 Å². The molecule has 2 nitrogen and oxygen atoms in total. The van der Waals surface area contributed by atoms with Crippen LogP contribution in [0.1, 0.15) is 18.4 Å². The van der Waals surface area contributed by atoms with Crippen molar-refractivity contribution in [3.05, 3.63) is 42.1 Å². The van der Waals surface area contributed by atoms with Crippen LogP contribution in [-0.4, -0.2) is 12.4 Å². The van der Waals surface area contributed by atoms with Crippen molar-refractivity contribution in [2.75, 3.05) is 11.4 Å². The van der Waals surface area contributed by atoms with Gasteiger partial charge in [-0.3, -0.25) is 0 Å². The average Bonchev–Trinajstić information content (AvgIpc) is 2.74. The van der Waals surface area contributed by atoms with Crippen LogP contribution in [0.5, 0.6) is 0 Å². The largest absolute Gasteiger partial charge is 0.329 e. The lowest BCUT2D eigenvalue weighted by Crippen LogP contribution is -2.29. The maximum Gasteiger partial charge on any atom is 0.109 e. The van der Waals surface area contributed by atoms with Gasteiger partial charge in [-0.2, -0.15) is 0 Å². The van der Waals surface area contributed by atoms with Crippen molar-refractivity contribution >= 4 is 11.5 Å². The van der Waals surface area contributed by atoms with E-state index in [-0.39, 0.29) is 0 Å². The van der Waals surface area contributed by atoms with Gasteiger partial charge < -0.3 is 4.90 Å². The van der Waals surface area contributed by atoms with Crippen LogP contribution in [0.15, 0.2) is 41.5 Å². The molecule has 0 aromatic heterocycles. The van der Waals surface area contributed by atoms with Gasteiger partial charge in [0.2, 0.25) is 0 Å². The minimum atomic E-state index is 1.07. The van der Waals surface area contributed by atoms with E-state index >= 15 is 0 Å². The molecule has 1 aromatic carbocycles. The Morgan fingerprint density at radius 2 is 2.07 bits per heavy atom. The summed E-state index contributed by atoms with van der Waals surface area (Å²) in [5.74, 6) is 1.22. The molecule has 76 valence electrons. The molecule has 2 heterocycles. The molecule has 1 aromatic rings. The van der Waals surface area contributed by atoms with Crippen molar-refractivity contribution in [2.24, 2.45) is 4.99 Å². The second-order valence-corrected chi connectivity index (χ2v) is 4.00. The van der Waals surface area contributed by atoms with Crippen LogP contribution in [0.4, 0.5) is 5.69 Å². The predicted molar refractivity (Wildman–Crippen MR) is 63.3 cm³/mol. The average molecular weight is 198 g/mol. The molecule has 0 spiro atoms. The third kappa shape index (κ3) is 1.46. The maximum absolute atomic E-state index is 4.47. The summed E-state index contributed by atoms with van der Waals surface area (Å²) in [6, 6.07) is 8.64. The Balaban J connectivity index is 1.96. The number of amidine groups is 1. The van der Waals surface area contributed by atoms with E-state index in [1.54, 1.807) is 0 Å². The number of hydrogen-bond donors (Lipinski definition) is 0. The molecular weight excluding hydrogens is 184 g/mol. The number of rotatable bonds is 0. The van der Waals surface area contributed by atoms with Crippen molar-refractivity contribution in [3.8, 4) is 0 Å². The molecule has 2 aliphatic heterocycles. The summed E-state index contributed by atoms with van der Waals surface area (Å²) in [5.41, 5.74) is 2.81. The van der Waals surface area contributed by atoms with Crippen LogP contribution in [0.25, 0.3) is 0 Å². The van der Waals surface area contributed by atoms with Gasteiger partial charge in [0.25, 0.3) is 0 Å². The molecule has 0 unspecified atom stereocenters. The summed E-state index contributed by atoms with van der Waals surface area (Å²) >= 11 is 0. The lowest BCUT2D eigenvalue weighted by atomic mass is 10.2. The summed E-state index contributed by atoms with van der Waals surface area (Å²) in [6.45, 7) is 1.09. The van der Waals surface area contributed by atoms with Crippen LogP contribution >= 0.6 is 0 Å². The maximum atomic E-state index is 4.47. The van der Waals surface area contributed by atoms with Crippen LogP contribution in [0, 0.1) is 0 Å². The number of nitrogens with zero attached hydrogens (tertiary/aromatic N) is 2. The normalized spacial score (nSPS) is 18.9. The Morgan fingerprint density at radius 3 is 2.93 bits per heavy atom. The first-order valence-electron chi connectivity index (χ1n) is 5.52. The quantitative estimate of drug-likeness (QED) is 0.626. The molecule has 0 amide bonds. The number of benzene rings is 1. The number of hydrogen-bond acceptors (Lipinski definition) is 2. The highest BCUT2D eigenvalue weighted by Gasteiger charge is 2.22. The highest BCUT2D eigenvalue weighted by atomic mass is 15.2. The van der Waals surface area contributed by atoms with Crippen LogP contribution < -0.4 is 4.90 Å². The molecule has 0 aliphatic carbocycles. The summed E-state index contributed by atoms with van der Waals surface area (Å²) in [5, 5.41) is 0. The van der Waals surface area contributed by atoms with Gasteiger partial charge in [0, 0.05) is 24.9 Å². The van der Waals surface area contributed by atoms with Gasteiger partial charge in [0.1, 0.15) is 5.84 Å². The van der Waals surface area contributed by atoms with E-state index in [0.29, 0.717) is 0 Å². The fourth-order valence-corrected chi connectivity index (χ4v) is 2.30. The fraction of sp³-hybridized carbons (Fsp3) is 0.308. The zero-order chi connectivity index (χ0) is 10.1. The molecule has 0 atom stereocenters. The van der Waals surface area contributed by atoms with Crippen molar-refractivity contribution in [2.45, 2.75) is 19.3 Å². The van der Waals surface area contributed by atoms with E-state index in [1.807, 2.05) is 6.20 Å². The minimum absolute atomic E-state index is 1.07. The Hall–Kier alpha value is -1.57. The molecule has 0 radical (unpaired) electrons. The molecule has 2 aliphatic rings. The minimum Gasteiger partial charge on any atom is -0.329 e. The Labute approximate surface area is 89.9 Å². The number of aliphatic imine (C=N–C) groups is 1. The van der Waals surface area contributed by atoms with Crippen LogP contribution in [0.2, 0.25) is 0 Å². The molecule has 0 saturated heterocycles. The third-order valence-corrected chi connectivity index (χ3v) is 3.06. The molecule has 0 N–H and O–H groups in total. The van der Waals surface area contributed by atoms with Crippen molar-refractivity contribution in [3.63, 3.8) is 0 Å². The Morgan fingerprint density at radius 1 is 1.13 bits per heavy atom. The topological polar surface area (TPSA) is 15.6 Å². The van der Waals surface area contributed by atoms with Gasteiger partial charge in [-0.05, 0) is 24.5 Å². The van der Waals surface area contributed by atoms with Gasteiger partial charge in [-0.1, -0.05) is 24.3 Å². The van der Waals surface area contributed by atoms with Gasteiger partial charge >= 0.3 is 0 Å². The number of allylic oxidation sites excluding steroid dienone is 1. The Kier molecular flexibility index (Phi) is 2.05. The lowest BCUT2D eigenvalue weighted by Gasteiger charge is -2.22. The van der Waals surface area contributed by atoms with E-state index in [9.17, 15) is 0 Å². The fourth-order valence-electron chi connectivity index (χ4n) is 2.30. The van der Waals surface area contributed by atoms with E-state index < -0.39 is 0 Å². The smallest absolute Gasteiger partial charge is 0.109 e. The predicted octanol–water partition coefficient (Wildman–Crippen LogP) is 2.76. The van der Waals surface area contributed by atoms with Crippen molar-refractivity contribution < 1.29 is 0 Å². The summed E-state index contributed by atoms with van der Waals surface area (Å²) in [6.07, 6.45) is 7.41. The number of para-hydroxylation sites is 1. The van der Waals surface area contributed by atoms with Crippen LogP contribution in [0.3, 0.4) is 0 Å². The molecule has 0 fully saturated rings. The van der Waals surface area contributed by atoms with E-state index in [4.69, 9.17) is 0 Å². The van der Waals surface area contributed by atoms with Gasteiger partial charge in [-0.25, -0.2) is 4.99 Å². The molecule has 15 heavy (non-hydrogen) atoms. The SMILES string of the molecule is C1=CN=C(N2CCc3ccccc32)CC1. The first-order valence-corrected chi connectivity index (χ1v) is 5.52. The highest BCUT2D eigenvalue weighted by molar-refractivity contribution is 6.00. The zero-order valence-corrected chi connectivity index (χ0v) is 8.69. The highest BCUT2D eigenvalue weighted by Crippen LogP contribution is 2.29. The van der Waals surface area contributed by atoms with Gasteiger partial charge in [-0.15, -0.1) is 0 Å². The van der Waals surface area contributed by atoms with Gasteiger partial charge in [0.05, 0.1) is 0 Å². The zero-order valence-electron chi connectivity index (χ0n) is 8.69. The Bertz CT molecular complexity index is 432. The number of anilines is 1. The van der Waals surface area contributed by atoms with E-state index in [1.165, 1.54) is 17.1 Å². The summed E-state index contributed by atoms with van der Waals surface area (Å²) in [4.78, 5) is 6.83. The monoisotopic (exact) mass is 198 g/mol. The first-order chi connectivity index (χ1) is 7.45. The van der Waals surface area contributed by atoms with Crippen molar-refractivity contribution in [1.82, 2.24) is 0 Å². The summed E-state index contributed by atoms with van der Waals surface area (Å²) in [7, 11) is 0. The molecule has 3 rings (SSSR count). The van der Waals surface area contributed by atoms with Gasteiger partial charge in [0.15, 0.2) is 0 Å². The van der Waals surface area contributed by atoms with E-state index in [0.717, 1.165) is 25.8 Å². The number of fused-ring (bicyclic) bond motifs is 1. The molecule has 2 heteroatoms. The first kappa shape index (κ1) is 8.72. The second-order valence-electron chi connectivity index (χ2n) is 4.00. The molecule has 0 bridgehead atoms. The van der Waals surface area contributed by atoms with Crippen molar-refractivity contribution in [1.29, 1.82) is 0 Å². The molecule has 0 saturated carbocycles.